The molecule has 0 saturated carbocycles. The number of hydrogen-bond donors (Lipinski definition) is 2. The number of hydrogen-bond acceptors (Lipinski definition) is 2. The molecule has 3 nitrogen and oxygen atoms in total. The molecule has 0 aromatic heterocycles. The summed E-state index contributed by atoms with van der Waals surface area (Å²) < 4.78 is 0. The molecule has 0 saturated heterocycles. The van der Waals surface area contributed by atoms with Gasteiger partial charge in [-0.3, -0.25) is 4.79 Å². The molecular formula is C11H14N2O. The van der Waals surface area contributed by atoms with Crippen LogP contribution in [0.3, 0.4) is 0 Å². The lowest BCUT2D eigenvalue weighted by Crippen LogP contribution is -2.22. The van der Waals surface area contributed by atoms with Gasteiger partial charge < -0.3 is 11.1 Å². The predicted octanol–water partition coefficient (Wildman–Crippen LogP) is 1.53. The summed E-state index contributed by atoms with van der Waals surface area (Å²) >= 11 is 0. The van der Waals surface area contributed by atoms with Gasteiger partial charge in [0, 0.05) is 17.3 Å². The lowest BCUT2D eigenvalue weighted by atomic mass is 9.97. The van der Waals surface area contributed by atoms with Crippen LogP contribution in [0.15, 0.2) is 18.2 Å². The molecule has 1 aromatic rings. The first-order valence-corrected chi connectivity index (χ1v) is 4.86. The Labute approximate surface area is 83.3 Å². The third kappa shape index (κ3) is 1.58. The SMILES string of the molecule is CC1CCc2cc(C(N)=O)ccc2N1. The number of aryl methyl sites for hydroxylation is 1. The second kappa shape index (κ2) is 3.33. The van der Waals surface area contributed by atoms with Crippen LogP contribution in [0.2, 0.25) is 0 Å². The zero-order valence-corrected chi connectivity index (χ0v) is 8.21. The molecule has 1 aliphatic heterocycles. The third-order valence-corrected chi connectivity index (χ3v) is 2.64. The Morgan fingerprint density at radius 1 is 1.57 bits per heavy atom. The summed E-state index contributed by atoms with van der Waals surface area (Å²) in [4.78, 5) is 11.0. The van der Waals surface area contributed by atoms with Gasteiger partial charge in [-0.1, -0.05) is 0 Å². The number of nitrogens with two attached hydrogens (primary N) is 1. The summed E-state index contributed by atoms with van der Waals surface area (Å²) in [5.74, 6) is -0.355. The minimum absolute atomic E-state index is 0.355. The van der Waals surface area contributed by atoms with Crippen molar-refractivity contribution in [3.63, 3.8) is 0 Å². The fourth-order valence-corrected chi connectivity index (χ4v) is 1.80. The molecule has 0 bridgehead atoms. The van der Waals surface area contributed by atoms with E-state index >= 15 is 0 Å². The van der Waals surface area contributed by atoms with E-state index in [1.807, 2.05) is 12.1 Å². The van der Waals surface area contributed by atoms with Crippen molar-refractivity contribution >= 4 is 11.6 Å². The second-order valence-electron chi connectivity index (χ2n) is 3.82. The number of fused-ring (bicyclic) bond motifs is 1. The van der Waals surface area contributed by atoms with Crippen molar-refractivity contribution in [3.8, 4) is 0 Å². The Balaban J connectivity index is 2.36. The van der Waals surface area contributed by atoms with E-state index in [-0.39, 0.29) is 5.91 Å². The number of rotatable bonds is 1. The first-order chi connectivity index (χ1) is 6.66. The normalized spacial score (nSPS) is 19.6. The quantitative estimate of drug-likeness (QED) is 0.705. The molecule has 0 aliphatic carbocycles. The van der Waals surface area contributed by atoms with E-state index in [1.165, 1.54) is 5.56 Å². The first kappa shape index (κ1) is 9.06. The Morgan fingerprint density at radius 3 is 3.07 bits per heavy atom. The van der Waals surface area contributed by atoms with E-state index in [1.54, 1.807) is 6.07 Å². The highest BCUT2D eigenvalue weighted by Gasteiger charge is 2.14. The highest BCUT2D eigenvalue weighted by atomic mass is 16.1. The smallest absolute Gasteiger partial charge is 0.248 e. The maximum absolute atomic E-state index is 11.0. The number of nitrogens with one attached hydrogen (secondary N) is 1. The number of carbonyl (C=O) groups excluding carboxylic acids is 1. The molecule has 1 heterocycles. The van der Waals surface area contributed by atoms with Crippen LogP contribution < -0.4 is 11.1 Å². The van der Waals surface area contributed by atoms with Crippen molar-refractivity contribution in [1.82, 2.24) is 0 Å². The van der Waals surface area contributed by atoms with E-state index < -0.39 is 0 Å². The maximum atomic E-state index is 11.0. The van der Waals surface area contributed by atoms with E-state index in [0.717, 1.165) is 18.5 Å². The molecule has 74 valence electrons. The van der Waals surface area contributed by atoms with Crippen LogP contribution in [0, 0.1) is 0 Å². The second-order valence-corrected chi connectivity index (χ2v) is 3.82. The Bertz CT molecular complexity index is 374. The zero-order chi connectivity index (χ0) is 10.1. The van der Waals surface area contributed by atoms with Crippen molar-refractivity contribution in [3.05, 3.63) is 29.3 Å². The predicted molar refractivity (Wildman–Crippen MR) is 56.4 cm³/mol. The van der Waals surface area contributed by atoms with Crippen LogP contribution in [0.5, 0.6) is 0 Å². The van der Waals surface area contributed by atoms with E-state index in [4.69, 9.17) is 5.73 Å². The van der Waals surface area contributed by atoms with E-state index in [9.17, 15) is 4.79 Å². The van der Waals surface area contributed by atoms with Gasteiger partial charge in [-0.15, -0.1) is 0 Å². The maximum Gasteiger partial charge on any atom is 0.248 e. The number of carbonyl (C=O) groups is 1. The standard InChI is InChI=1S/C11H14N2O/c1-7-2-3-8-6-9(11(12)14)4-5-10(8)13-7/h4-7,13H,2-3H2,1H3,(H2,12,14). The number of amides is 1. The number of anilines is 1. The zero-order valence-electron chi connectivity index (χ0n) is 8.21. The van der Waals surface area contributed by atoms with Crippen molar-refractivity contribution in [2.75, 3.05) is 5.32 Å². The van der Waals surface area contributed by atoms with Crippen molar-refractivity contribution in [1.29, 1.82) is 0 Å². The Hall–Kier alpha value is -1.51. The molecule has 1 amide bonds. The molecule has 0 fully saturated rings. The van der Waals surface area contributed by atoms with Gasteiger partial charge in [0.05, 0.1) is 0 Å². The van der Waals surface area contributed by atoms with Crippen molar-refractivity contribution < 1.29 is 4.79 Å². The molecule has 14 heavy (non-hydrogen) atoms. The third-order valence-electron chi connectivity index (χ3n) is 2.64. The topological polar surface area (TPSA) is 55.1 Å². The summed E-state index contributed by atoms with van der Waals surface area (Å²) in [6, 6.07) is 6.11. The molecule has 2 rings (SSSR count). The van der Waals surface area contributed by atoms with Crippen LogP contribution in [0.4, 0.5) is 5.69 Å². The molecule has 1 aromatic carbocycles. The minimum atomic E-state index is -0.355. The average Bonchev–Trinajstić information content (AvgIpc) is 2.16. The highest BCUT2D eigenvalue weighted by molar-refractivity contribution is 5.93. The minimum Gasteiger partial charge on any atom is -0.382 e. The summed E-state index contributed by atoms with van der Waals surface area (Å²) in [6.45, 7) is 2.16. The Morgan fingerprint density at radius 2 is 2.36 bits per heavy atom. The molecule has 1 aliphatic rings. The highest BCUT2D eigenvalue weighted by Crippen LogP contribution is 2.25. The van der Waals surface area contributed by atoms with Gasteiger partial charge in [0.2, 0.25) is 5.91 Å². The van der Waals surface area contributed by atoms with Gasteiger partial charge in [-0.05, 0) is 43.5 Å². The first-order valence-electron chi connectivity index (χ1n) is 4.86. The van der Waals surface area contributed by atoms with Crippen molar-refractivity contribution in [2.45, 2.75) is 25.8 Å². The molecule has 1 unspecified atom stereocenters. The monoisotopic (exact) mass is 190 g/mol. The fourth-order valence-electron chi connectivity index (χ4n) is 1.80. The van der Waals surface area contributed by atoms with Gasteiger partial charge >= 0.3 is 0 Å². The lowest BCUT2D eigenvalue weighted by Gasteiger charge is -2.24. The summed E-state index contributed by atoms with van der Waals surface area (Å²) in [5, 5.41) is 3.37. The van der Waals surface area contributed by atoms with Crippen LogP contribution in [0.1, 0.15) is 29.3 Å². The van der Waals surface area contributed by atoms with Gasteiger partial charge in [0.25, 0.3) is 0 Å². The van der Waals surface area contributed by atoms with Crippen LogP contribution in [-0.4, -0.2) is 11.9 Å². The van der Waals surface area contributed by atoms with Crippen LogP contribution in [0.25, 0.3) is 0 Å². The summed E-state index contributed by atoms with van der Waals surface area (Å²) in [6.07, 6.45) is 2.12. The molecule has 3 heteroatoms. The van der Waals surface area contributed by atoms with Crippen LogP contribution in [-0.2, 0) is 6.42 Å². The fraction of sp³-hybridized carbons (Fsp3) is 0.364. The van der Waals surface area contributed by atoms with Gasteiger partial charge in [0.1, 0.15) is 0 Å². The van der Waals surface area contributed by atoms with Crippen LogP contribution >= 0.6 is 0 Å². The number of primary amides is 1. The van der Waals surface area contributed by atoms with Crippen molar-refractivity contribution in [2.24, 2.45) is 5.73 Å². The lowest BCUT2D eigenvalue weighted by molar-refractivity contribution is 0.1000. The molecule has 3 N–H and O–H groups in total. The molecule has 0 spiro atoms. The van der Waals surface area contributed by atoms with Gasteiger partial charge in [0.15, 0.2) is 0 Å². The molecular weight excluding hydrogens is 176 g/mol. The Kier molecular flexibility index (Phi) is 2.15. The molecule has 0 radical (unpaired) electrons. The largest absolute Gasteiger partial charge is 0.382 e. The van der Waals surface area contributed by atoms with Gasteiger partial charge in [-0.25, -0.2) is 0 Å². The molecule has 1 atom stereocenters. The van der Waals surface area contributed by atoms with E-state index in [0.29, 0.717) is 11.6 Å². The summed E-state index contributed by atoms with van der Waals surface area (Å²) in [5.41, 5.74) is 8.14. The average molecular weight is 190 g/mol. The summed E-state index contributed by atoms with van der Waals surface area (Å²) in [7, 11) is 0. The van der Waals surface area contributed by atoms with Gasteiger partial charge in [-0.2, -0.15) is 0 Å². The van der Waals surface area contributed by atoms with E-state index in [2.05, 4.69) is 12.2 Å². The number of benzene rings is 1.